The van der Waals surface area contributed by atoms with Gasteiger partial charge in [-0.15, -0.1) is 0 Å². The van der Waals surface area contributed by atoms with E-state index in [0.717, 1.165) is 166 Å². The molecule has 4 aliphatic heterocycles. The van der Waals surface area contributed by atoms with Gasteiger partial charge in [-0.05, 0) is 308 Å². The minimum atomic E-state index is -0.579. The number of esters is 1. The van der Waals surface area contributed by atoms with Crippen LogP contribution in [0.5, 0.6) is 0 Å². The van der Waals surface area contributed by atoms with Crippen LogP contribution in [0.2, 0.25) is 0 Å². The largest absolute Gasteiger partial charge is 0.459 e. The fraction of sp³-hybridized carbons (Fsp3) is 0.680. The van der Waals surface area contributed by atoms with Crippen LogP contribution in [0.25, 0.3) is 0 Å². The van der Waals surface area contributed by atoms with Gasteiger partial charge in [-0.2, -0.15) is 0 Å². The summed E-state index contributed by atoms with van der Waals surface area (Å²) >= 11 is 0. The maximum Gasteiger partial charge on any atom is 0.326 e. The first-order valence-corrected chi connectivity index (χ1v) is 47.5. The Bertz CT molecular complexity index is 4440. The third-order valence-corrected chi connectivity index (χ3v) is 31.9. The monoisotopic (exact) mass is 1760 g/mol. The van der Waals surface area contributed by atoms with E-state index in [9.17, 15) is 47.1 Å². The molecule has 0 bridgehead atoms. The van der Waals surface area contributed by atoms with Crippen molar-refractivity contribution in [3.05, 3.63) is 143 Å². The van der Waals surface area contributed by atoms with Gasteiger partial charge in [-0.3, -0.25) is 38.8 Å². The van der Waals surface area contributed by atoms with Crippen LogP contribution in [0, 0.1) is 35.3 Å². The van der Waals surface area contributed by atoms with Crippen molar-refractivity contribution >= 4 is 47.7 Å². The number of likely N-dealkylation sites (N-methyl/N-ethyl adjacent to an activating group) is 1. The molecule has 4 saturated heterocycles. The third kappa shape index (κ3) is 21.0. The molecule has 0 radical (unpaired) electrons. The van der Waals surface area contributed by atoms with Crippen LogP contribution in [-0.2, 0) is 46.1 Å². The van der Waals surface area contributed by atoms with Crippen molar-refractivity contribution in [3.63, 3.8) is 0 Å². The van der Waals surface area contributed by atoms with Crippen molar-refractivity contribution < 1.29 is 62.1 Å². The highest BCUT2D eigenvalue weighted by molar-refractivity contribution is 5.88. The Labute approximate surface area is 754 Å². The number of aliphatic hydroxyl groups excluding tert-OH is 2. The number of nitrogens with zero attached hydrogens (tertiary/aromatic N) is 13. The SMILES string of the molecule is CN(C)C1(c2cccc(F)c2)CCC2(CC1)CN(CC(=O)OC(C)(C)C)C(=O)N2CC1CCC1.CN(C)C1(c2ccccc2)CCC2(CC1)CN(CC(=O)CCCO)C(=O)N2CC1CC1.CN(C)C1(c2ccccc2)CCC2(CC1)CN(CC(N)=O)C(=O)N2CC1CC1.CN(CCO)C(=O)CN1CC2(CCC(c3cccc(F)c3)(N(C)C)CC2)N(CC2CCC2)C1=O. The Morgan fingerprint density at radius 2 is 0.717 bits per heavy atom. The second-order valence-electron chi connectivity index (χ2n) is 41.8. The van der Waals surface area contributed by atoms with Gasteiger partial charge >= 0.3 is 30.1 Å². The van der Waals surface area contributed by atoms with Crippen LogP contribution in [0.15, 0.2) is 109 Å². The van der Waals surface area contributed by atoms with Crippen LogP contribution >= 0.6 is 0 Å². The number of rotatable bonds is 29. The molecule has 4 aromatic rings. The van der Waals surface area contributed by atoms with E-state index in [1.165, 1.54) is 66.7 Å². The number of carbonyl (C=O) groups excluding carboxylic acids is 8. The number of hydrogen-bond acceptors (Lipinski definition) is 15. The van der Waals surface area contributed by atoms with Crippen LogP contribution in [0.1, 0.15) is 223 Å². The zero-order valence-electron chi connectivity index (χ0n) is 78.3. The van der Waals surface area contributed by atoms with Crippen LogP contribution in [0.4, 0.5) is 28.0 Å². The molecule has 0 unspecified atom stereocenters. The molecular weight excluding hydrogens is 1610 g/mol. The maximum atomic E-state index is 14.1. The summed E-state index contributed by atoms with van der Waals surface area (Å²) < 4.78 is 33.7. The van der Waals surface area contributed by atoms with Crippen molar-refractivity contribution in [2.75, 3.05) is 162 Å². The number of ketones is 1. The summed E-state index contributed by atoms with van der Waals surface area (Å²) in [6.45, 7) is 11.5. The van der Waals surface area contributed by atoms with E-state index < -0.39 is 11.5 Å². The number of hydrogen-bond donors (Lipinski definition) is 3. The second kappa shape index (κ2) is 39.8. The van der Waals surface area contributed by atoms with Gasteiger partial charge < -0.3 is 64.8 Å². The number of carbonyl (C=O) groups is 8. The average Bonchev–Trinajstić information content (AvgIpc) is 1.65. The number of primary amides is 1. The molecule has 0 aromatic heterocycles. The summed E-state index contributed by atoms with van der Waals surface area (Å²) in [6.07, 6.45) is 27.2. The van der Waals surface area contributed by atoms with Gasteiger partial charge in [-0.25, -0.2) is 28.0 Å². The molecule has 16 rings (SSSR count). The Morgan fingerprint density at radius 3 is 1.00 bits per heavy atom. The minimum absolute atomic E-state index is 0.00207. The Hall–Kier alpha value is -8.34. The molecule has 698 valence electrons. The van der Waals surface area contributed by atoms with E-state index in [2.05, 4.69) is 156 Å². The number of aliphatic hydroxyl groups is 2. The Balaban J connectivity index is 0.000000145. The summed E-state index contributed by atoms with van der Waals surface area (Å²) in [6, 6.07) is 35.3. The highest BCUT2D eigenvalue weighted by Gasteiger charge is 2.61. The molecule has 12 aliphatic rings. The molecule has 4 aromatic carbocycles. The Morgan fingerprint density at radius 1 is 0.409 bits per heavy atom. The summed E-state index contributed by atoms with van der Waals surface area (Å²) in [5.74, 6) is 1.01. The molecule has 8 aliphatic carbocycles. The van der Waals surface area contributed by atoms with Crippen LogP contribution in [-0.4, -0.2) is 311 Å². The molecule has 4 heterocycles. The van der Waals surface area contributed by atoms with Crippen LogP contribution < -0.4 is 5.73 Å². The third-order valence-electron chi connectivity index (χ3n) is 31.9. The van der Waals surface area contributed by atoms with Crippen molar-refractivity contribution in [1.29, 1.82) is 0 Å². The number of urea groups is 4. The molecule has 127 heavy (non-hydrogen) atoms. The van der Waals surface area contributed by atoms with E-state index in [1.54, 1.807) is 50.9 Å². The molecule has 0 atom stereocenters. The normalized spacial score (nSPS) is 28.6. The molecular formula is C100H148F2N14O11. The average molecular weight is 1760 g/mol. The first-order chi connectivity index (χ1) is 60.4. The summed E-state index contributed by atoms with van der Waals surface area (Å²) in [5, 5.41) is 18.2. The number of halogens is 2. The lowest BCUT2D eigenvalue weighted by Crippen LogP contribution is -2.56. The first-order valence-electron chi connectivity index (χ1n) is 47.5. The fourth-order valence-corrected chi connectivity index (χ4v) is 23.2. The molecule has 4 spiro atoms. The van der Waals surface area contributed by atoms with Gasteiger partial charge in [-0.1, -0.05) is 97.8 Å². The summed E-state index contributed by atoms with van der Waals surface area (Å²) in [4.78, 5) is 128. The molecule has 27 heteroatoms. The second-order valence-corrected chi connectivity index (χ2v) is 41.8. The van der Waals surface area contributed by atoms with Gasteiger partial charge in [0, 0.05) is 101 Å². The molecule has 25 nitrogen and oxygen atoms in total. The van der Waals surface area contributed by atoms with Crippen molar-refractivity contribution in [1.82, 2.24) is 63.7 Å². The molecule has 4 N–H and O–H groups in total. The molecule has 8 saturated carbocycles. The predicted octanol–water partition coefficient (Wildman–Crippen LogP) is 13.3. The van der Waals surface area contributed by atoms with E-state index in [0.29, 0.717) is 62.7 Å². The fourth-order valence-electron chi connectivity index (χ4n) is 23.2. The van der Waals surface area contributed by atoms with Crippen LogP contribution in [0.3, 0.4) is 0 Å². The quantitative estimate of drug-likeness (QED) is 0.0427. The van der Waals surface area contributed by atoms with Crippen molar-refractivity contribution in [2.45, 2.75) is 250 Å². The number of amides is 10. The van der Waals surface area contributed by atoms with Gasteiger partial charge in [0.1, 0.15) is 36.9 Å². The van der Waals surface area contributed by atoms with Crippen molar-refractivity contribution in [2.24, 2.45) is 29.4 Å². The van der Waals surface area contributed by atoms with E-state index in [1.807, 2.05) is 32.9 Å². The van der Waals surface area contributed by atoms with E-state index >= 15 is 0 Å². The zero-order chi connectivity index (χ0) is 91.2. The first kappa shape index (κ1) is 96.2. The lowest BCUT2D eigenvalue weighted by molar-refractivity contribution is -0.155. The van der Waals surface area contributed by atoms with Gasteiger partial charge in [0.05, 0.1) is 35.3 Å². The smallest absolute Gasteiger partial charge is 0.326 e. The summed E-state index contributed by atoms with van der Waals surface area (Å²) in [5.41, 5.74) is 8.05. The van der Waals surface area contributed by atoms with Gasteiger partial charge in [0.2, 0.25) is 11.8 Å². The van der Waals surface area contributed by atoms with Gasteiger partial charge in [0.25, 0.3) is 0 Å². The molecule has 10 amide bonds. The number of nitrogens with two attached hydrogens (primary N) is 1. The maximum absolute atomic E-state index is 14.1. The topological polar surface area (TPSA) is 254 Å². The predicted molar refractivity (Wildman–Crippen MR) is 488 cm³/mol. The van der Waals surface area contributed by atoms with Crippen molar-refractivity contribution in [3.8, 4) is 0 Å². The van der Waals surface area contributed by atoms with Gasteiger partial charge in [0.15, 0.2) is 5.78 Å². The standard InChI is InChI=1S/C27H40FN3O3.C26H39FN4O3.C25H37N3O3.C22H32N4O2/c1-25(2,3)34-23(32)18-30-19-26(31(24(30)33)17-20-8-6-9-20)12-14-27(15-13-26,29(4)5)21-10-7-11-22(28)16-21;1-28(2)26(21-8-5-9-22(27)16-21)12-10-25(11-13-26)19-30(18-23(33)29(3)14-15-32)24(34)31(25)17-20-6-4-7-20;1-26(2)25(21-7-4-3-5-8-21)14-12-24(13-15-25)19-27(18-22(30)9-6-16-29)23(31)28(24)17-20-10-11-20;1-24(2)22(18-6-4-3-5-7-18)12-10-21(11-13-22)16-25(15-19(23)27)20(28)26(21)14-17-8-9-17/h7,10-11,16,20H,6,8-9,12-15,17-19H2,1-5H3;5,8-9,16,20,32H,4,6-7,10-15,17-19H2,1-3H3;3-5,7-8,20,29H,6,9-19H2,1-2H3;3-7,17H,8-16H2,1-2H3,(H2,23,27). The van der Waals surface area contributed by atoms with E-state index in [-0.39, 0.29) is 144 Å². The number of benzene rings is 4. The van der Waals surface area contributed by atoms with E-state index in [4.69, 9.17) is 20.7 Å². The number of Topliss-reactive ketones (excluding diaryl/α,β-unsaturated/α-hetero) is 1. The lowest BCUT2D eigenvalue weighted by Gasteiger charge is -2.51. The Kier molecular flexibility index (Phi) is 30.1. The lowest BCUT2D eigenvalue weighted by atomic mass is 9.68. The number of ether oxygens (including phenoxy) is 1. The zero-order valence-corrected chi connectivity index (χ0v) is 78.3. The highest BCUT2D eigenvalue weighted by Crippen LogP contribution is 2.56. The minimum Gasteiger partial charge on any atom is -0.459 e. The highest BCUT2D eigenvalue weighted by atomic mass is 19.1. The summed E-state index contributed by atoms with van der Waals surface area (Å²) in [7, 11) is 18.5. The molecule has 12 fully saturated rings.